The van der Waals surface area contributed by atoms with E-state index in [0.29, 0.717) is 0 Å². The molecule has 0 spiro atoms. The van der Waals surface area contributed by atoms with Crippen LogP contribution < -0.4 is 0 Å². The Kier molecular flexibility index (Phi) is 156. The molecule has 6 heavy (non-hydrogen) atoms. The van der Waals surface area contributed by atoms with Gasteiger partial charge in [-0.05, 0) is 0 Å². The summed E-state index contributed by atoms with van der Waals surface area (Å²) in [6, 6.07) is 0. The number of hydrogen-bond acceptors (Lipinski definition) is 0. The Bertz CT molecular complexity index is 8.75. The summed E-state index contributed by atoms with van der Waals surface area (Å²) in [5, 5.41) is 0. The van der Waals surface area contributed by atoms with Crippen molar-refractivity contribution in [1.29, 1.82) is 0 Å². The van der Waals surface area contributed by atoms with Gasteiger partial charge in [-0.1, -0.05) is 22.3 Å². The summed E-state index contributed by atoms with van der Waals surface area (Å²) >= 11 is -0.931. The first-order valence-electron chi connectivity index (χ1n) is 0.535. The van der Waals surface area contributed by atoms with E-state index in [2.05, 4.69) is 0 Å². The first-order valence-corrected chi connectivity index (χ1v) is 8.33. The fourth-order valence-corrected chi connectivity index (χ4v) is 0. The molecule has 0 aromatic carbocycles. The molecule has 0 saturated carbocycles. The molecule has 0 aliphatic carbocycles. The second kappa shape index (κ2) is 34.6. The van der Waals surface area contributed by atoms with E-state index in [-0.39, 0.29) is 22.3 Å². The van der Waals surface area contributed by atoms with Gasteiger partial charge in [0, 0.05) is 0 Å². The first kappa shape index (κ1) is 27.0. The number of halogens is 2. The van der Waals surface area contributed by atoms with Crippen molar-refractivity contribution >= 4 is 19.4 Å². The zero-order valence-electron chi connectivity index (χ0n) is 1.46. The molecule has 0 nitrogen and oxygen atoms in total. The van der Waals surface area contributed by atoms with E-state index >= 15 is 0 Å². The third kappa shape index (κ3) is 63.5. The predicted octanol–water partition coefficient (Wildman–Crippen LogP) is 3.28. The maximum absolute atomic E-state index is 4.95. The van der Waals surface area contributed by atoms with E-state index in [4.69, 9.17) is 19.4 Å². The van der Waals surface area contributed by atoms with Crippen molar-refractivity contribution in [3.05, 3.63) is 0 Å². The van der Waals surface area contributed by atoms with Crippen LogP contribution in [-0.4, -0.2) is 0 Å². The Morgan fingerprint density at radius 2 is 0.833 bits per heavy atom. The topological polar surface area (TPSA) is 0 Å². The summed E-state index contributed by atoms with van der Waals surface area (Å²) in [6.45, 7) is 0. The van der Waals surface area contributed by atoms with Crippen LogP contribution in [-0.2, 0) is 15.1 Å². The van der Waals surface area contributed by atoms with Crippen LogP contribution in [0.1, 0.15) is 22.3 Å². The summed E-state index contributed by atoms with van der Waals surface area (Å²) in [5.74, 6) is 0. The SMILES string of the molecule is C.C.C.[Cl][Zn][Cl]. The van der Waals surface area contributed by atoms with Gasteiger partial charge in [-0.3, -0.25) is 0 Å². The Morgan fingerprint density at radius 3 is 0.833 bits per heavy atom. The van der Waals surface area contributed by atoms with E-state index in [1.807, 2.05) is 0 Å². The Labute approximate surface area is 56.9 Å². The van der Waals surface area contributed by atoms with Crippen LogP contribution in [0, 0.1) is 0 Å². The van der Waals surface area contributed by atoms with Crippen molar-refractivity contribution in [2.45, 2.75) is 22.3 Å². The molecule has 0 amide bonds. The van der Waals surface area contributed by atoms with Gasteiger partial charge in [-0.2, -0.15) is 0 Å². The van der Waals surface area contributed by atoms with Crippen molar-refractivity contribution in [1.82, 2.24) is 0 Å². The molecule has 0 aromatic rings. The van der Waals surface area contributed by atoms with Gasteiger partial charge in [0.2, 0.25) is 0 Å². The Hall–Kier alpha value is 1.20. The summed E-state index contributed by atoms with van der Waals surface area (Å²) in [6.07, 6.45) is 0. The molecule has 0 fully saturated rings. The molecule has 3 heteroatoms. The van der Waals surface area contributed by atoms with Gasteiger partial charge in [0.05, 0.1) is 0 Å². The second-order valence-electron chi connectivity index (χ2n) is 0.101. The van der Waals surface area contributed by atoms with Gasteiger partial charge < -0.3 is 0 Å². The molecule has 40 valence electrons. The van der Waals surface area contributed by atoms with E-state index in [9.17, 15) is 0 Å². The van der Waals surface area contributed by atoms with E-state index in [1.165, 1.54) is 0 Å². The fraction of sp³-hybridized carbons (Fsp3) is 1.00. The van der Waals surface area contributed by atoms with Crippen LogP contribution in [0.5, 0.6) is 0 Å². The minimum absolute atomic E-state index is 0. The van der Waals surface area contributed by atoms with E-state index in [1.54, 1.807) is 0 Å². The summed E-state index contributed by atoms with van der Waals surface area (Å²) in [4.78, 5) is 0. The molecule has 0 unspecified atom stereocenters. The summed E-state index contributed by atoms with van der Waals surface area (Å²) in [7, 11) is 9.90. The number of hydrogen-bond donors (Lipinski definition) is 0. The first-order chi connectivity index (χ1) is 1.41. The molecule has 0 atom stereocenters. The molecule has 0 N–H and O–H groups in total. The molecule has 0 aromatic heterocycles. The molecular weight excluding hydrogens is 172 g/mol. The molecule has 0 heterocycles. The minimum atomic E-state index is -0.931. The second-order valence-corrected chi connectivity index (χ2v) is 4.72. The van der Waals surface area contributed by atoms with Gasteiger partial charge in [0.1, 0.15) is 0 Å². The summed E-state index contributed by atoms with van der Waals surface area (Å²) in [5.41, 5.74) is 0. The normalized spacial score (nSPS) is 1.67. The third-order valence-corrected chi connectivity index (χ3v) is 0. The molecule has 0 rings (SSSR count). The van der Waals surface area contributed by atoms with Crippen LogP contribution >= 0.6 is 19.4 Å². The van der Waals surface area contributed by atoms with Crippen molar-refractivity contribution < 1.29 is 15.1 Å². The number of rotatable bonds is 0. The molecule has 0 aliphatic heterocycles. The van der Waals surface area contributed by atoms with Crippen LogP contribution in [0.25, 0.3) is 0 Å². The average molecular weight is 184 g/mol. The fourth-order valence-electron chi connectivity index (χ4n) is 0. The zero-order valence-corrected chi connectivity index (χ0v) is 5.94. The third-order valence-electron chi connectivity index (χ3n) is 0. The van der Waals surface area contributed by atoms with Gasteiger partial charge in [-0.25, -0.2) is 0 Å². The van der Waals surface area contributed by atoms with Crippen molar-refractivity contribution in [2.75, 3.05) is 0 Å². The van der Waals surface area contributed by atoms with Gasteiger partial charge in [0.25, 0.3) is 0 Å². The molecule has 0 bridgehead atoms. The predicted molar refractivity (Wildman–Crippen MR) is 31.9 cm³/mol. The average Bonchev–Trinajstić information content (AvgIpc) is 0.918. The maximum atomic E-state index is 4.95. The summed E-state index contributed by atoms with van der Waals surface area (Å²) < 4.78 is 0. The van der Waals surface area contributed by atoms with Crippen molar-refractivity contribution in [2.24, 2.45) is 0 Å². The van der Waals surface area contributed by atoms with Crippen LogP contribution in [0.3, 0.4) is 0 Å². The standard InChI is InChI=1S/3CH4.2ClH.Zn/h3*1H4;2*1H;/q;;;;;+2/p-2. The van der Waals surface area contributed by atoms with Crippen molar-refractivity contribution in [3.63, 3.8) is 0 Å². The molecule has 0 aliphatic rings. The molecular formula is C3H12Cl2Zn. The van der Waals surface area contributed by atoms with Gasteiger partial charge >= 0.3 is 34.5 Å². The monoisotopic (exact) mass is 182 g/mol. The van der Waals surface area contributed by atoms with Crippen molar-refractivity contribution in [3.8, 4) is 0 Å². The zero-order chi connectivity index (χ0) is 2.71. The molecule has 0 radical (unpaired) electrons. The van der Waals surface area contributed by atoms with Gasteiger partial charge in [-0.15, -0.1) is 0 Å². The Morgan fingerprint density at radius 1 is 0.833 bits per heavy atom. The van der Waals surface area contributed by atoms with E-state index < -0.39 is 15.1 Å². The van der Waals surface area contributed by atoms with E-state index in [0.717, 1.165) is 0 Å². The van der Waals surface area contributed by atoms with Gasteiger partial charge in [0.15, 0.2) is 0 Å². The quantitative estimate of drug-likeness (QED) is 0.507. The Balaban J connectivity index is -0.00000000667. The van der Waals surface area contributed by atoms with Crippen LogP contribution in [0.15, 0.2) is 0 Å². The van der Waals surface area contributed by atoms with Crippen LogP contribution in [0.4, 0.5) is 0 Å². The van der Waals surface area contributed by atoms with Crippen LogP contribution in [0.2, 0.25) is 0 Å². The molecule has 0 saturated heterocycles.